The summed E-state index contributed by atoms with van der Waals surface area (Å²) in [6, 6.07) is -1.62. The number of amides is 2. The first-order valence-electron chi connectivity index (χ1n) is 13.1. The molecule has 0 aromatic rings. The summed E-state index contributed by atoms with van der Waals surface area (Å²) in [4.78, 5) is 45.2. The molecule has 2 amide bonds. The van der Waals surface area contributed by atoms with Gasteiger partial charge in [-0.1, -0.05) is 44.6 Å². The van der Waals surface area contributed by atoms with Crippen LogP contribution in [0.5, 0.6) is 0 Å². The van der Waals surface area contributed by atoms with Crippen molar-refractivity contribution in [1.29, 1.82) is 0 Å². The number of hydrogen-bond acceptors (Lipinski definition) is 6. The van der Waals surface area contributed by atoms with Crippen molar-refractivity contribution in [3.05, 3.63) is 24.3 Å². The van der Waals surface area contributed by atoms with Crippen molar-refractivity contribution >= 4 is 17.8 Å². The molecule has 1 unspecified atom stereocenters. The zero-order chi connectivity index (χ0) is 25.5. The van der Waals surface area contributed by atoms with Crippen LogP contribution in [-0.2, 0) is 23.9 Å². The lowest BCUT2D eigenvalue weighted by Gasteiger charge is -2.42. The van der Waals surface area contributed by atoms with Gasteiger partial charge in [0.15, 0.2) is 0 Å². The molecule has 0 radical (unpaired) electrons. The zero-order valence-corrected chi connectivity index (χ0v) is 21.6. The van der Waals surface area contributed by atoms with Crippen LogP contribution in [0.15, 0.2) is 24.3 Å². The van der Waals surface area contributed by atoms with Crippen molar-refractivity contribution in [3.63, 3.8) is 0 Å². The number of fused-ring (bicyclic) bond motifs is 2. The maximum absolute atomic E-state index is 14.3. The van der Waals surface area contributed by atoms with Crippen molar-refractivity contribution in [1.82, 2.24) is 9.80 Å². The van der Waals surface area contributed by atoms with Gasteiger partial charge in [0.25, 0.3) is 0 Å². The second-order valence-electron chi connectivity index (χ2n) is 10.9. The number of likely N-dealkylation sites (tertiary alicyclic amines) is 1. The van der Waals surface area contributed by atoms with E-state index in [0.717, 1.165) is 25.7 Å². The Morgan fingerprint density at radius 2 is 1.83 bits per heavy atom. The van der Waals surface area contributed by atoms with Crippen LogP contribution < -0.4 is 0 Å². The van der Waals surface area contributed by atoms with E-state index >= 15 is 0 Å². The van der Waals surface area contributed by atoms with E-state index in [9.17, 15) is 19.5 Å². The Morgan fingerprint density at radius 1 is 1.09 bits per heavy atom. The van der Waals surface area contributed by atoms with Gasteiger partial charge in [0.05, 0.1) is 30.8 Å². The van der Waals surface area contributed by atoms with Crippen molar-refractivity contribution in [2.45, 2.75) is 89.6 Å². The predicted molar refractivity (Wildman–Crippen MR) is 130 cm³/mol. The lowest BCUT2D eigenvalue weighted by atomic mass is 9.74. The molecule has 1 N–H and O–H groups in total. The third-order valence-corrected chi connectivity index (χ3v) is 8.44. The van der Waals surface area contributed by atoms with Gasteiger partial charge in [-0.2, -0.15) is 0 Å². The van der Waals surface area contributed by atoms with Gasteiger partial charge in [-0.15, -0.1) is 0 Å². The number of cyclic esters (lactones) is 1. The van der Waals surface area contributed by atoms with Gasteiger partial charge < -0.3 is 24.4 Å². The average molecular weight is 489 g/mol. The number of ether oxygens (including phenoxy) is 2. The van der Waals surface area contributed by atoms with E-state index in [1.807, 2.05) is 58.9 Å². The molecule has 0 aromatic heterocycles. The van der Waals surface area contributed by atoms with Crippen LogP contribution >= 0.6 is 0 Å². The summed E-state index contributed by atoms with van der Waals surface area (Å²) in [5.41, 5.74) is -2.42. The average Bonchev–Trinajstić information content (AvgIpc) is 3.14. The summed E-state index contributed by atoms with van der Waals surface area (Å²) in [5.74, 6) is -2.86. The van der Waals surface area contributed by atoms with E-state index in [4.69, 9.17) is 9.47 Å². The first-order chi connectivity index (χ1) is 16.6. The fraction of sp³-hybridized carbons (Fsp3) is 0.741. The van der Waals surface area contributed by atoms with Gasteiger partial charge in [-0.3, -0.25) is 14.4 Å². The highest BCUT2D eigenvalue weighted by atomic mass is 16.6. The molecule has 4 rings (SSSR count). The van der Waals surface area contributed by atoms with Crippen molar-refractivity contribution < 1.29 is 29.0 Å². The summed E-state index contributed by atoms with van der Waals surface area (Å²) in [7, 11) is 0. The summed E-state index contributed by atoms with van der Waals surface area (Å²) in [5, 5.41) is 10.4. The number of nitrogens with zero attached hydrogens (tertiary/aromatic N) is 2. The van der Waals surface area contributed by atoms with Gasteiger partial charge in [-0.05, 0) is 46.0 Å². The SMILES string of the molecule is CC[C@H](C)[C@H](CO)N1C(=O)[C@@H]2[C@@H]3C(=O)OCCCC/C=C\[C@]3(C)O[C@@]23C=CCN(C(C)C)C(=O)C13. The fourth-order valence-corrected chi connectivity index (χ4v) is 6.39. The van der Waals surface area contributed by atoms with Crippen LogP contribution in [0.1, 0.15) is 60.3 Å². The normalized spacial score (nSPS) is 37.9. The second-order valence-corrected chi connectivity index (χ2v) is 10.9. The molecule has 1 spiro atoms. The smallest absolute Gasteiger partial charge is 0.313 e. The number of aliphatic hydroxyl groups excluding tert-OH is 1. The molecule has 4 aliphatic rings. The van der Waals surface area contributed by atoms with E-state index in [1.54, 1.807) is 9.80 Å². The molecule has 0 aliphatic carbocycles. The highest BCUT2D eigenvalue weighted by Gasteiger charge is 2.75. The van der Waals surface area contributed by atoms with Crippen molar-refractivity contribution in [2.24, 2.45) is 17.8 Å². The Bertz CT molecular complexity index is 915. The molecule has 0 saturated carbocycles. The van der Waals surface area contributed by atoms with E-state index in [-0.39, 0.29) is 30.4 Å². The molecule has 0 bridgehead atoms. The molecule has 4 aliphatic heterocycles. The summed E-state index contributed by atoms with van der Waals surface area (Å²) in [6.45, 7) is 10.1. The molecule has 194 valence electrons. The topological polar surface area (TPSA) is 96.4 Å². The lowest BCUT2D eigenvalue weighted by molar-refractivity contribution is -0.162. The molecular formula is C27H40N2O6. The van der Waals surface area contributed by atoms with Gasteiger partial charge in [0.1, 0.15) is 17.6 Å². The fourth-order valence-electron chi connectivity index (χ4n) is 6.39. The van der Waals surface area contributed by atoms with Crippen molar-refractivity contribution in [2.75, 3.05) is 19.8 Å². The predicted octanol–water partition coefficient (Wildman–Crippen LogP) is 2.45. The number of aliphatic hydroxyl groups is 1. The number of carbonyl (C=O) groups is 3. The van der Waals surface area contributed by atoms with Gasteiger partial charge in [0.2, 0.25) is 11.8 Å². The number of rotatable bonds is 5. The van der Waals surface area contributed by atoms with Crippen LogP contribution in [-0.4, -0.2) is 81.8 Å². The minimum atomic E-state index is -1.32. The Balaban J connectivity index is 1.91. The van der Waals surface area contributed by atoms with E-state index in [1.165, 1.54) is 0 Å². The Morgan fingerprint density at radius 3 is 2.49 bits per heavy atom. The Hall–Kier alpha value is -2.19. The molecule has 0 aromatic carbocycles. The minimum Gasteiger partial charge on any atom is -0.465 e. The Labute approximate surface area is 208 Å². The number of hydrogen-bond donors (Lipinski definition) is 1. The van der Waals surface area contributed by atoms with Crippen LogP contribution in [0.3, 0.4) is 0 Å². The molecule has 35 heavy (non-hydrogen) atoms. The number of esters is 1. The summed E-state index contributed by atoms with van der Waals surface area (Å²) >= 11 is 0. The maximum atomic E-state index is 14.3. The standard InChI is InChI=1S/C27H40N2O6/c1-6-18(4)19(16-30)29-22-24(32)28(17(2)3)14-11-13-27(22)20(23(29)31)21-25(33)34-15-10-8-7-9-12-26(21,5)35-27/h9,11-13,17-22,30H,6-8,10,14-16H2,1-5H3/b12-9-/t18-,19-,20-,21+,22?,26-,27-/m0/s1. The summed E-state index contributed by atoms with van der Waals surface area (Å²) in [6.07, 6.45) is 10.8. The summed E-state index contributed by atoms with van der Waals surface area (Å²) < 4.78 is 12.4. The molecule has 7 atom stereocenters. The monoisotopic (exact) mass is 488 g/mol. The highest BCUT2D eigenvalue weighted by molar-refractivity contribution is 5.99. The first-order valence-corrected chi connectivity index (χ1v) is 13.1. The van der Waals surface area contributed by atoms with E-state index < -0.39 is 41.1 Å². The molecule has 8 nitrogen and oxygen atoms in total. The highest BCUT2D eigenvalue weighted by Crippen LogP contribution is 2.57. The molecule has 8 heteroatoms. The second kappa shape index (κ2) is 9.69. The third-order valence-electron chi connectivity index (χ3n) is 8.44. The van der Waals surface area contributed by atoms with Crippen LogP contribution in [0.2, 0.25) is 0 Å². The van der Waals surface area contributed by atoms with Gasteiger partial charge >= 0.3 is 5.97 Å². The Kier molecular flexibility index (Phi) is 7.17. The maximum Gasteiger partial charge on any atom is 0.313 e. The van der Waals surface area contributed by atoms with Gasteiger partial charge in [-0.25, -0.2) is 0 Å². The number of allylic oxidation sites excluding steroid dienone is 1. The number of carbonyl (C=O) groups excluding carboxylic acids is 3. The quantitative estimate of drug-likeness (QED) is 0.472. The van der Waals surface area contributed by atoms with Gasteiger partial charge in [0, 0.05) is 12.6 Å². The third kappa shape index (κ3) is 4.02. The van der Waals surface area contributed by atoms with Crippen molar-refractivity contribution in [3.8, 4) is 0 Å². The van der Waals surface area contributed by atoms with Crippen LogP contribution in [0.25, 0.3) is 0 Å². The van der Waals surface area contributed by atoms with E-state index in [0.29, 0.717) is 13.2 Å². The minimum absolute atomic E-state index is 0.0466. The lowest BCUT2D eigenvalue weighted by Crippen LogP contribution is -2.60. The van der Waals surface area contributed by atoms with E-state index in [2.05, 4.69) is 0 Å². The first kappa shape index (κ1) is 25.9. The molecule has 2 fully saturated rings. The van der Waals surface area contributed by atoms with Crippen LogP contribution in [0, 0.1) is 17.8 Å². The molecular weight excluding hydrogens is 448 g/mol. The molecule has 4 heterocycles. The zero-order valence-electron chi connectivity index (χ0n) is 21.6. The largest absolute Gasteiger partial charge is 0.465 e. The molecule has 2 saturated heterocycles. The van der Waals surface area contributed by atoms with Crippen LogP contribution in [0.4, 0.5) is 0 Å².